The molecule has 0 aliphatic heterocycles. The van der Waals surface area contributed by atoms with Crippen molar-refractivity contribution in [2.75, 3.05) is 32.0 Å². The third-order valence-electron chi connectivity index (χ3n) is 5.75. The van der Waals surface area contributed by atoms with E-state index in [4.69, 9.17) is 32.7 Å². The van der Waals surface area contributed by atoms with Crippen molar-refractivity contribution in [3.8, 4) is 11.6 Å². The van der Waals surface area contributed by atoms with Crippen LogP contribution in [-0.4, -0.2) is 50.5 Å². The Bertz CT molecular complexity index is 1370. The van der Waals surface area contributed by atoms with Crippen LogP contribution in [-0.2, 0) is 29.5 Å². The van der Waals surface area contributed by atoms with Crippen LogP contribution >= 0.6 is 23.2 Å². The molecule has 192 valence electrons. The number of aryl methyl sites for hydroxylation is 2. The second-order valence-electron chi connectivity index (χ2n) is 8.80. The number of rotatable bonds is 10. The zero-order valence-corrected chi connectivity index (χ0v) is 22.7. The van der Waals surface area contributed by atoms with Crippen molar-refractivity contribution >= 4 is 39.0 Å². The highest BCUT2D eigenvalue weighted by atomic mass is 35.5. The van der Waals surface area contributed by atoms with E-state index in [0.717, 1.165) is 42.8 Å². The lowest BCUT2D eigenvalue weighted by Crippen LogP contribution is -2.19. The van der Waals surface area contributed by atoms with Gasteiger partial charge in [-0.1, -0.05) is 35.3 Å². The first-order chi connectivity index (χ1) is 17.1. The first kappa shape index (κ1) is 26.5. The van der Waals surface area contributed by atoms with Gasteiger partial charge in [0.15, 0.2) is 0 Å². The highest BCUT2D eigenvalue weighted by Crippen LogP contribution is 2.32. The van der Waals surface area contributed by atoms with Gasteiger partial charge in [-0.3, -0.25) is 4.72 Å². The smallest absolute Gasteiger partial charge is 0.263 e. The van der Waals surface area contributed by atoms with E-state index in [0.29, 0.717) is 28.0 Å². The third kappa shape index (κ3) is 6.21. The van der Waals surface area contributed by atoms with E-state index in [1.807, 2.05) is 25.1 Å². The van der Waals surface area contributed by atoms with Gasteiger partial charge in [0, 0.05) is 11.6 Å². The van der Waals surface area contributed by atoms with Crippen LogP contribution < -0.4 is 14.2 Å². The second kappa shape index (κ2) is 11.2. The number of aromatic nitrogens is 2. The molecule has 0 radical (unpaired) electrons. The summed E-state index contributed by atoms with van der Waals surface area (Å²) in [4.78, 5) is 11.2. The van der Waals surface area contributed by atoms with Crippen molar-refractivity contribution in [1.29, 1.82) is 0 Å². The highest BCUT2D eigenvalue weighted by molar-refractivity contribution is 7.92. The molecular formula is C25H28Cl2N4O4S. The Labute approximate surface area is 221 Å². The number of ether oxygens (including phenoxy) is 2. The summed E-state index contributed by atoms with van der Waals surface area (Å²) in [5.74, 6) is 0.715. The Balaban J connectivity index is 1.57. The zero-order chi connectivity index (χ0) is 25.9. The van der Waals surface area contributed by atoms with E-state index in [1.54, 1.807) is 31.2 Å². The SMILES string of the molecule is Cc1c(Cl)cccc1S(=O)(=O)Nc1nc2c(nc1OCc1ccc(Cl)c(OCCN(C)C)c1)CCC2. The average Bonchev–Trinajstić information content (AvgIpc) is 3.27. The van der Waals surface area contributed by atoms with Gasteiger partial charge in [0.05, 0.1) is 21.3 Å². The Hall–Kier alpha value is -2.59. The number of nitrogens with zero attached hydrogens (tertiary/aromatic N) is 3. The van der Waals surface area contributed by atoms with Gasteiger partial charge in [0.1, 0.15) is 19.0 Å². The number of halogens is 2. The second-order valence-corrected chi connectivity index (χ2v) is 11.3. The molecule has 0 atom stereocenters. The predicted octanol–water partition coefficient (Wildman–Crippen LogP) is 4.90. The topological polar surface area (TPSA) is 93.7 Å². The van der Waals surface area contributed by atoms with Gasteiger partial charge >= 0.3 is 0 Å². The maximum Gasteiger partial charge on any atom is 0.263 e. The minimum atomic E-state index is -3.98. The Morgan fingerprint density at radius 2 is 1.78 bits per heavy atom. The number of likely N-dealkylation sites (N-methyl/N-ethyl adjacent to an activating group) is 1. The van der Waals surface area contributed by atoms with Crippen LogP contribution in [0.1, 0.15) is 28.9 Å². The van der Waals surface area contributed by atoms with E-state index in [-0.39, 0.29) is 23.2 Å². The van der Waals surface area contributed by atoms with Crippen LogP contribution in [0.5, 0.6) is 11.6 Å². The molecule has 0 bridgehead atoms. The minimum Gasteiger partial charge on any atom is -0.491 e. The monoisotopic (exact) mass is 550 g/mol. The molecule has 0 saturated heterocycles. The van der Waals surface area contributed by atoms with Crippen LogP contribution in [0.3, 0.4) is 0 Å². The van der Waals surface area contributed by atoms with Gasteiger partial charge in [0.25, 0.3) is 15.9 Å². The van der Waals surface area contributed by atoms with Crippen molar-refractivity contribution in [2.45, 2.75) is 37.7 Å². The molecule has 3 aromatic rings. The standard InChI is InChI=1S/C25H28Cl2N4O4S/c1-16-18(26)6-4-9-23(16)36(32,33)30-24-25(29-21-8-5-7-20(21)28-24)35-15-17-10-11-19(27)22(14-17)34-13-12-31(2)3/h4,6,9-11,14H,5,7-8,12-13,15H2,1-3H3,(H,28,30). The fraction of sp³-hybridized carbons (Fsp3) is 0.360. The first-order valence-corrected chi connectivity index (χ1v) is 13.7. The average molecular weight is 551 g/mol. The third-order valence-corrected chi connectivity index (χ3v) is 7.96. The lowest BCUT2D eigenvalue weighted by Gasteiger charge is -2.16. The minimum absolute atomic E-state index is 0.0476. The molecule has 0 fully saturated rings. The number of nitrogens with one attached hydrogen (secondary N) is 1. The Morgan fingerprint density at radius 3 is 2.53 bits per heavy atom. The van der Waals surface area contributed by atoms with Gasteiger partial charge in [0.2, 0.25) is 5.82 Å². The van der Waals surface area contributed by atoms with Crippen LogP contribution in [0, 0.1) is 6.92 Å². The van der Waals surface area contributed by atoms with Crippen molar-refractivity contribution in [1.82, 2.24) is 14.9 Å². The number of hydrogen-bond acceptors (Lipinski definition) is 7. The number of sulfonamides is 1. The van der Waals surface area contributed by atoms with E-state index in [9.17, 15) is 8.42 Å². The fourth-order valence-electron chi connectivity index (χ4n) is 3.78. The van der Waals surface area contributed by atoms with Gasteiger partial charge in [-0.05, 0) is 75.7 Å². The van der Waals surface area contributed by atoms with E-state index in [2.05, 4.69) is 14.7 Å². The molecule has 1 N–H and O–H groups in total. The van der Waals surface area contributed by atoms with Crippen molar-refractivity contribution in [3.63, 3.8) is 0 Å². The highest BCUT2D eigenvalue weighted by Gasteiger charge is 2.25. The van der Waals surface area contributed by atoms with E-state index in [1.165, 1.54) is 6.07 Å². The summed E-state index contributed by atoms with van der Waals surface area (Å²) in [6.45, 7) is 3.01. The molecule has 1 heterocycles. The van der Waals surface area contributed by atoms with Crippen molar-refractivity contribution < 1.29 is 17.9 Å². The Kier molecular flexibility index (Phi) is 8.24. The van der Waals surface area contributed by atoms with Crippen LogP contribution in [0.2, 0.25) is 10.0 Å². The van der Waals surface area contributed by atoms with Crippen molar-refractivity contribution in [2.24, 2.45) is 0 Å². The number of hydrogen-bond donors (Lipinski definition) is 1. The molecular weight excluding hydrogens is 523 g/mol. The largest absolute Gasteiger partial charge is 0.491 e. The molecule has 1 aromatic heterocycles. The molecule has 1 aliphatic rings. The predicted molar refractivity (Wildman–Crippen MR) is 141 cm³/mol. The molecule has 2 aromatic carbocycles. The molecule has 11 heteroatoms. The molecule has 0 unspecified atom stereocenters. The van der Waals surface area contributed by atoms with E-state index < -0.39 is 10.0 Å². The number of anilines is 1. The number of benzene rings is 2. The maximum absolute atomic E-state index is 13.2. The summed E-state index contributed by atoms with van der Waals surface area (Å²) in [6, 6.07) is 10.1. The summed E-state index contributed by atoms with van der Waals surface area (Å²) >= 11 is 12.4. The van der Waals surface area contributed by atoms with Crippen LogP contribution in [0.15, 0.2) is 41.3 Å². The first-order valence-electron chi connectivity index (χ1n) is 11.5. The summed E-state index contributed by atoms with van der Waals surface area (Å²) < 4.78 is 40.8. The summed E-state index contributed by atoms with van der Waals surface area (Å²) in [5, 5.41) is 0.862. The van der Waals surface area contributed by atoms with Crippen LogP contribution in [0.25, 0.3) is 0 Å². The summed E-state index contributed by atoms with van der Waals surface area (Å²) in [7, 11) is -0.0481. The van der Waals surface area contributed by atoms with Gasteiger partial charge in [-0.2, -0.15) is 0 Å². The molecule has 4 rings (SSSR count). The molecule has 8 nitrogen and oxygen atoms in total. The van der Waals surface area contributed by atoms with Gasteiger partial charge in [-0.15, -0.1) is 0 Å². The van der Waals surface area contributed by atoms with Gasteiger partial charge in [-0.25, -0.2) is 18.4 Å². The Morgan fingerprint density at radius 1 is 1.03 bits per heavy atom. The fourth-order valence-corrected chi connectivity index (χ4v) is 5.45. The lowest BCUT2D eigenvalue weighted by atomic mass is 10.2. The lowest BCUT2D eigenvalue weighted by molar-refractivity contribution is 0.259. The van der Waals surface area contributed by atoms with Crippen molar-refractivity contribution in [3.05, 3.63) is 69.0 Å². The molecule has 0 spiro atoms. The molecule has 1 aliphatic carbocycles. The number of fused-ring (bicyclic) bond motifs is 1. The maximum atomic E-state index is 13.2. The quantitative estimate of drug-likeness (QED) is 0.383. The zero-order valence-electron chi connectivity index (χ0n) is 20.3. The normalized spacial score (nSPS) is 13.1. The molecule has 36 heavy (non-hydrogen) atoms. The summed E-state index contributed by atoms with van der Waals surface area (Å²) in [5.41, 5.74) is 2.83. The van der Waals surface area contributed by atoms with Gasteiger partial charge < -0.3 is 14.4 Å². The molecule has 0 amide bonds. The van der Waals surface area contributed by atoms with Crippen LogP contribution in [0.4, 0.5) is 5.82 Å². The van der Waals surface area contributed by atoms with E-state index >= 15 is 0 Å². The summed E-state index contributed by atoms with van der Waals surface area (Å²) in [6.07, 6.45) is 2.41. The molecule has 0 saturated carbocycles.